The first-order valence-corrected chi connectivity index (χ1v) is 8.25. The molecule has 3 rings (SSSR count). The number of nitrogens with zero attached hydrogens (tertiary/aromatic N) is 2. The minimum Gasteiger partial charge on any atom is -0.490 e. The van der Waals surface area contributed by atoms with E-state index in [1.165, 1.54) is 0 Å². The summed E-state index contributed by atoms with van der Waals surface area (Å²) in [7, 11) is 0. The third kappa shape index (κ3) is 4.54. The number of aliphatic hydroxyl groups is 1. The zero-order chi connectivity index (χ0) is 16.8. The number of para-hydroxylation sites is 1. The van der Waals surface area contributed by atoms with Crippen molar-refractivity contribution in [3.63, 3.8) is 0 Å². The Hall–Kier alpha value is -1.95. The Kier molecular flexibility index (Phi) is 5.45. The number of benzene rings is 1. The molecule has 0 saturated carbocycles. The topological polar surface area (TPSA) is 54.8 Å². The molecule has 0 bridgehead atoms. The van der Waals surface area contributed by atoms with E-state index in [9.17, 15) is 5.11 Å². The number of pyridine rings is 1. The number of aryl methyl sites for hydroxylation is 1. The van der Waals surface area contributed by atoms with Gasteiger partial charge in [0, 0.05) is 25.8 Å². The van der Waals surface area contributed by atoms with Crippen LogP contribution in [0.1, 0.15) is 11.3 Å². The Balaban J connectivity index is 1.64. The molecule has 128 valence electrons. The average molecular weight is 328 g/mol. The molecule has 24 heavy (non-hydrogen) atoms. The summed E-state index contributed by atoms with van der Waals surface area (Å²) in [6, 6.07) is 13.5. The van der Waals surface area contributed by atoms with E-state index in [4.69, 9.17) is 9.47 Å². The fourth-order valence-electron chi connectivity index (χ4n) is 2.85. The van der Waals surface area contributed by atoms with Crippen LogP contribution in [0.25, 0.3) is 0 Å². The van der Waals surface area contributed by atoms with Crippen LogP contribution in [-0.2, 0) is 11.3 Å². The first-order chi connectivity index (χ1) is 11.6. The van der Waals surface area contributed by atoms with Gasteiger partial charge in [0.1, 0.15) is 18.0 Å². The van der Waals surface area contributed by atoms with Gasteiger partial charge in [-0.25, -0.2) is 0 Å². The SMILES string of the molecule is Cc1cccnc1CN1CCOC[C@@](O)(COc2ccccc2)C1. The lowest BCUT2D eigenvalue weighted by atomic mass is 10.1. The maximum absolute atomic E-state index is 10.9. The molecule has 0 unspecified atom stereocenters. The molecule has 5 nitrogen and oxygen atoms in total. The van der Waals surface area contributed by atoms with Crippen LogP contribution in [-0.4, -0.2) is 53.5 Å². The van der Waals surface area contributed by atoms with Crippen LogP contribution >= 0.6 is 0 Å². The van der Waals surface area contributed by atoms with Gasteiger partial charge in [0.2, 0.25) is 0 Å². The number of aromatic nitrogens is 1. The van der Waals surface area contributed by atoms with Gasteiger partial charge < -0.3 is 14.6 Å². The van der Waals surface area contributed by atoms with Gasteiger partial charge in [-0.2, -0.15) is 0 Å². The minimum atomic E-state index is -1.03. The van der Waals surface area contributed by atoms with Crippen molar-refractivity contribution in [1.82, 2.24) is 9.88 Å². The second kappa shape index (κ2) is 7.75. The third-order valence-corrected chi connectivity index (χ3v) is 4.18. The van der Waals surface area contributed by atoms with Crippen molar-refractivity contribution in [3.8, 4) is 5.75 Å². The monoisotopic (exact) mass is 328 g/mol. The Bertz CT molecular complexity index is 650. The molecule has 1 fully saturated rings. The molecule has 0 spiro atoms. The molecule has 1 N–H and O–H groups in total. The number of β-amino-alcohol motifs (C(OH)–C–C–N with tert-alkyl or cyclic N) is 1. The van der Waals surface area contributed by atoms with Gasteiger partial charge in [-0.05, 0) is 30.7 Å². The molecule has 2 aromatic rings. The van der Waals surface area contributed by atoms with E-state index in [1.807, 2.05) is 36.4 Å². The van der Waals surface area contributed by atoms with Gasteiger partial charge in [0.25, 0.3) is 0 Å². The zero-order valence-electron chi connectivity index (χ0n) is 14.0. The average Bonchev–Trinajstić information content (AvgIpc) is 2.78. The van der Waals surface area contributed by atoms with Gasteiger partial charge >= 0.3 is 0 Å². The van der Waals surface area contributed by atoms with Crippen LogP contribution in [0.2, 0.25) is 0 Å². The number of hydrogen-bond donors (Lipinski definition) is 1. The summed E-state index contributed by atoms with van der Waals surface area (Å²) in [5, 5.41) is 10.9. The fourth-order valence-corrected chi connectivity index (χ4v) is 2.85. The van der Waals surface area contributed by atoms with Crippen LogP contribution in [0.3, 0.4) is 0 Å². The van der Waals surface area contributed by atoms with E-state index in [0.717, 1.165) is 23.6 Å². The van der Waals surface area contributed by atoms with Crippen LogP contribution in [0.5, 0.6) is 5.75 Å². The van der Waals surface area contributed by atoms with Gasteiger partial charge in [-0.15, -0.1) is 0 Å². The van der Waals surface area contributed by atoms with E-state index in [0.29, 0.717) is 19.7 Å². The number of ether oxygens (including phenoxy) is 2. The summed E-state index contributed by atoms with van der Waals surface area (Å²) in [6.45, 7) is 5.09. The summed E-state index contributed by atoms with van der Waals surface area (Å²) in [4.78, 5) is 6.63. The third-order valence-electron chi connectivity index (χ3n) is 4.18. The summed E-state index contributed by atoms with van der Waals surface area (Å²) in [6.07, 6.45) is 1.81. The van der Waals surface area contributed by atoms with Crippen LogP contribution in [0.4, 0.5) is 0 Å². The highest BCUT2D eigenvalue weighted by Crippen LogP contribution is 2.18. The second-order valence-electron chi connectivity index (χ2n) is 6.36. The summed E-state index contributed by atoms with van der Waals surface area (Å²) in [5.74, 6) is 0.752. The molecule has 0 aliphatic carbocycles. The van der Waals surface area contributed by atoms with Crippen molar-refractivity contribution in [1.29, 1.82) is 0 Å². The van der Waals surface area contributed by atoms with E-state index >= 15 is 0 Å². The predicted octanol–water partition coefficient (Wildman–Crippen LogP) is 2.03. The zero-order valence-corrected chi connectivity index (χ0v) is 14.0. The molecule has 1 saturated heterocycles. The van der Waals surface area contributed by atoms with Gasteiger partial charge in [-0.3, -0.25) is 9.88 Å². The number of hydrogen-bond acceptors (Lipinski definition) is 5. The van der Waals surface area contributed by atoms with Crippen molar-refractivity contribution < 1.29 is 14.6 Å². The van der Waals surface area contributed by atoms with E-state index in [-0.39, 0.29) is 13.2 Å². The standard InChI is InChI=1S/C19H24N2O3/c1-16-6-5-9-20-18(16)12-21-10-11-23-14-19(22,13-21)15-24-17-7-3-2-4-8-17/h2-9,22H,10-15H2,1H3/t19-/m1/s1. The van der Waals surface area contributed by atoms with Crippen LogP contribution in [0.15, 0.2) is 48.7 Å². The van der Waals surface area contributed by atoms with Crippen molar-refractivity contribution in [2.45, 2.75) is 19.1 Å². The Labute approximate surface area is 142 Å². The van der Waals surface area contributed by atoms with Crippen molar-refractivity contribution in [3.05, 3.63) is 59.9 Å². The fraction of sp³-hybridized carbons (Fsp3) is 0.421. The molecule has 1 aliphatic heterocycles. The molecule has 2 heterocycles. The van der Waals surface area contributed by atoms with Crippen LogP contribution in [0, 0.1) is 6.92 Å². The second-order valence-corrected chi connectivity index (χ2v) is 6.36. The lowest BCUT2D eigenvalue weighted by Crippen LogP contribution is -2.48. The Morgan fingerprint density at radius 1 is 1.25 bits per heavy atom. The first kappa shape index (κ1) is 16.9. The Morgan fingerprint density at radius 2 is 2.08 bits per heavy atom. The minimum absolute atomic E-state index is 0.203. The Morgan fingerprint density at radius 3 is 2.88 bits per heavy atom. The largest absolute Gasteiger partial charge is 0.490 e. The normalized spacial score (nSPS) is 22.1. The highest BCUT2D eigenvalue weighted by atomic mass is 16.5. The molecular weight excluding hydrogens is 304 g/mol. The quantitative estimate of drug-likeness (QED) is 0.910. The van der Waals surface area contributed by atoms with Crippen molar-refractivity contribution in [2.75, 3.05) is 32.9 Å². The molecule has 0 radical (unpaired) electrons. The number of rotatable bonds is 5. The highest BCUT2D eigenvalue weighted by molar-refractivity contribution is 5.21. The van der Waals surface area contributed by atoms with Crippen LogP contribution < -0.4 is 4.74 Å². The summed E-state index contributed by atoms with van der Waals surface area (Å²) in [5.41, 5.74) is 1.16. The molecule has 0 amide bonds. The van der Waals surface area contributed by atoms with Crippen molar-refractivity contribution in [2.24, 2.45) is 0 Å². The van der Waals surface area contributed by atoms with E-state index in [1.54, 1.807) is 6.20 Å². The van der Waals surface area contributed by atoms with Gasteiger partial charge in [-0.1, -0.05) is 24.3 Å². The van der Waals surface area contributed by atoms with Gasteiger partial charge in [0.05, 0.1) is 18.9 Å². The molecule has 1 atom stereocenters. The maximum Gasteiger partial charge on any atom is 0.134 e. The molecule has 5 heteroatoms. The molecule has 1 aromatic heterocycles. The van der Waals surface area contributed by atoms with E-state index in [2.05, 4.69) is 22.9 Å². The lowest BCUT2D eigenvalue weighted by Gasteiger charge is -2.30. The predicted molar refractivity (Wildman–Crippen MR) is 92.0 cm³/mol. The smallest absolute Gasteiger partial charge is 0.134 e. The molecular formula is C19H24N2O3. The van der Waals surface area contributed by atoms with Crippen molar-refractivity contribution >= 4 is 0 Å². The molecule has 1 aliphatic rings. The van der Waals surface area contributed by atoms with E-state index < -0.39 is 5.60 Å². The highest BCUT2D eigenvalue weighted by Gasteiger charge is 2.33. The van der Waals surface area contributed by atoms with Gasteiger partial charge in [0.15, 0.2) is 0 Å². The maximum atomic E-state index is 10.9. The lowest BCUT2D eigenvalue weighted by molar-refractivity contribution is -0.0647. The summed E-state index contributed by atoms with van der Waals surface area (Å²) < 4.78 is 11.4. The summed E-state index contributed by atoms with van der Waals surface area (Å²) >= 11 is 0. The first-order valence-electron chi connectivity index (χ1n) is 8.25. The molecule has 1 aromatic carbocycles.